The number of ether oxygens (including phenoxy) is 1. The van der Waals surface area contributed by atoms with Gasteiger partial charge in [0.1, 0.15) is 11.9 Å². The lowest BCUT2D eigenvalue weighted by Gasteiger charge is -2.35. The molecule has 2 heteroatoms. The summed E-state index contributed by atoms with van der Waals surface area (Å²) in [5.74, 6) is 1.03. The van der Waals surface area contributed by atoms with Crippen molar-refractivity contribution in [2.75, 3.05) is 7.05 Å². The van der Waals surface area contributed by atoms with Crippen LogP contribution >= 0.6 is 0 Å². The van der Waals surface area contributed by atoms with Crippen molar-refractivity contribution in [2.24, 2.45) is 0 Å². The summed E-state index contributed by atoms with van der Waals surface area (Å²) in [5.41, 5.74) is 1.38. The molecule has 0 bridgehead atoms. The van der Waals surface area contributed by atoms with Gasteiger partial charge < -0.3 is 10.1 Å². The molecule has 88 valence electrons. The summed E-state index contributed by atoms with van der Waals surface area (Å²) in [6.45, 7) is 2.21. The molecule has 0 unspecified atom stereocenters. The van der Waals surface area contributed by atoms with Crippen LogP contribution in [0.2, 0.25) is 0 Å². The molecule has 0 atom stereocenters. The first kappa shape index (κ1) is 11.5. The molecule has 1 aromatic rings. The third kappa shape index (κ3) is 2.76. The van der Waals surface area contributed by atoms with Crippen LogP contribution in [0.15, 0.2) is 24.3 Å². The van der Waals surface area contributed by atoms with Crippen LogP contribution in [0.3, 0.4) is 0 Å². The normalized spacial score (nSPS) is 23.9. The maximum atomic E-state index is 5.93. The Morgan fingerprint density at radius 2 is 2.19 bits per heavy atom. The summed E-state index contributed by atoms with van der Waals surface area (Å²) >= 11 is 0. The molecular formula is C14H21NO. The number of rotatable bonds is 5. The fourth-order valence-electron chi connectivity index (χ4n) is 2.15. The molecule has 0 amide bonds. The molecule has 2 nitrogen and oxygen atoms in total. The summed E-state index contributed by atoms with van der Waals surface area (Å²) in [4.78, 5) is 0. The van der Waals surface area contributed by atoms with Crippen LogP contribution in [-0.4, -0.2) is 19.2 Å². The average Bonchev–Trinajstić information content (AvgIpc) is 2.24. The van der Waals surface area contributed by atoms with Gasteiger partial charge in [-0.1, -0.05) is 25.5 Å². The molecule has 0 heterocycles. The second-order valence-corrected chi connectivity index (χ2v) is 4.59. The Morgan fingerprint density at radius 3 is 2.88 bits per heavy atom. The van der Waals surface area contributed by atoms with Crippen molar-refractivity contribution in [3.8, 4) is 5.75 Å². The second kappa shape index (κ2) is 5.35. The lowest BCUT2D eigenvalue weighted by atomic mass is 9.89. The third-order valence-electron chi connectivity index (χ3n) is 3.24. The minimum absolute atomic E-state index is 0.411. The molecule has 2 rings (SSSR count). The predicted molar refractivity (Wildman–Crippen MR) is 66.9 cm³/mol. The minimum Gasteiger partial charge on any atom is -0.490 e. The van der Waals surface area contributed by atoms with Crippen LogP contribution in [0.5, 0.6) is 5.75 Å². The van der Waals surface area contributed by atoms with Crippen molar-refractivity contribution in [1.29, 1.82) is 0 Å². The Labute approximate surface area is 98.0 Å². The summed E-state index contributed by atoms with van der Waals surface area (Å²) in [6.07, 6.45) is 5.01. The predicted octanol–water partition coefficient (Wildman–Crippen LogP) is 2.77. The van der Waals surface area contributed by atoms with Crippen molar-refractivity contribution < 1.29 is 4.74 Å². The molecule has 0 saturated heterocycles. The van der Waals surface area contributed by atoms with E-state index in [1.165, 1.54) is 12.0 Å². The molecule has 1 aromatic carbocycles. The summed E-state index contributed by atoms with van der Waals surface area (Å²) in [6, 6.07) is 9.16. The van der Waals surface area contributed by atoms with Gasteiger partial charge in [-0.3, -0.25) is 0 Å². The van der Waals surface area contributed by atoms with Crippen LogP contribution in [0.4, 0.5) is 0 Å². The van der Waals surface area contributed by atoms with Gasteiger partial charge in [-0.25, -0.2) is 0 Å². The molecule has 1 N–H and O–H groups in total. The first-order chi connectivity index (χ1) is 7.81. The van der Waals surface area contributed by atoms with Crippen LogP contribution in [0, 0.1) is 0 Å². The highest BCUT2D eigenvalue weighted by molar-refractivity contribution is 5.29. The molecule has 0 aliphatic heterocycles. The van der Waals surface area contributed by atoms with Crippen molar-refractivity contribution in [3.05, 3.63) is 29.8 Å². The third-order valence-corrected chi connectivity index (χ3v) is 3.24. The topological polar surface area (TPSA) is 21.3 Å². The molecule has 1 aliphatic carbocycles. The van der Waals surface area contributed by atoms with Gasteiger partial charge in [0, 0.05) is 6.04 Å². The lowest BCUT2D eigenvalue weighted by Crippen LogP contribution is -2.45. The van der Waals surface area contributed by atoms with Crippen LogP contribution in [0.1, 0.15) is 31.7 Å². The minimum atomic E-state index is 0.411. The first-order valence-corrected chi connectivity index (χ1v) is 6.24. The number of nitrogens with one attached hydrogen (secondary N) is 1. The van der Waals surface area contributed by atoms with Gasteiger partial charge in [0.15, 0.2) is 0 Å². The van der Waals surface area contributed by atoms with Crippen molar-refractivity contribution in [1.82, 2.24) is 5.32 Å². The Kier molecular flexibility index (Phi) is 3.83. The number of aryl methyl sites for hydroxylation is 1. The van der Waals surface area contributed by atoms with Gasteiger partial charge in [0.2, 0.25) is 0 Å². The standard InChI is InChI=1S/C14H21NO/c1-3-5-11-6-4-7-13(8-11)16-14-9-12(10-14)15-2/h4,6-8,12,14-15H,3,5,9-10H2,1-2H3/t12-,14-. The highest BCUT2D eigenvalue weighted by Gasteiger charge is 2.29. The van der Waals surface area contributed by atoms with E-state index in [1.807, 2.05) is 7.05 Å². The zero-order valence-electron chi connectivity index (χ0n) is 10.2. The highest BCUT2D eigenvalue weighted by atomic mass is 16.5. The maximum Gasteiger partial charge on any atom is 0.119 e. The van der Waals surface area contributed by atoms with Crippen molar-refractivity contribution in [2.45, 2.75) is 44.8 Å². The van der Waals surface area contributed by atoms with E-state index in [9.17, 15) is 0 Å². The van der Waals surface area contributed by atoms with Gasteiger partial charge in [-0.15, -0.1) is 0 Å². The fourth-order valence-corrected chi connectivity index (χ4v) is 2.15. The van der Waals surface area contributed by atoms with Crippen LogP contribution in [-0.2, 0) is 6.42 Å². The monoisotopic (exact) mass is 219 g/mol. The van der Waals surface area contributed by atoms with E-state index in [0.29, 0.717) is 12.1 Å². The molecule has 0 spiro atoms. The number of hydrogen-bond acceptors (Lipinski definition) is 2. The molecule has 1 aliphatic rings. The van der Waals surface area contributed by atoms with E-state index in [-0.39, 0.29) is 0 Å². The molecule has 1 fully saturated rings. The lowest BCUT2D eigenvalue weighted by molar-refractivity contribution is 0.0884. The fraction of sp³-hybridized carbons (Fsp3) is 0.571. The summed E-state index contributed by atoms with van der Waals surface area (Å²) in [7, 11) is 2.02. The second-order valence-electron chi connectivity index (χ2n) is 4.59. The Morgan fingerprint density at radius 1 is 1.38 bits per heavy atom. The molecule has 16 heavy (non-hydrogen) atoms. The Balaban J connectivity index is 1.87. The van der Waals surface area contributed by atoms with Gasteiger partial charge in [-0.05, 0) is 44.0 Å². The Bertz CT molecular complexity index is 331. The largest absolute Gasteiger partial charge is 0.490 e. The Hall–Kier alpha value is -1.02. The van der Waals surface area contributed by atoms with Crippen molar-refractivity contribution >= 4 is 0 Å². The van der Waals surface area contributed by atoms with Crippen LogP contribution < -0.4 is 10.1 Å². The highest BCUT2D eigenvalue weighted by Crippen LogP contribution is 2.26. The van der Waals surface area contributed by atoms with E-state index >= 15 is 0 Å². The molecule has 1 saturated carbocycles. The first-order valence-electron chi connectivity index (χ1n) is 6.24. The van der Waals surface area contributed by atoms with Crippen LogP contribution in [0.25, 0.3) is 0 Å². The average molecular weight is 219 g/mol. The number of hydrogen-bond donors (Lipinski definition) is 1. The molecule has 0 radical (unpaired) electrons. The van der Waals surface area contributed by atoms with E-state index in [2.05, 4.69) is 36.5 Å². The van der Waals surface area contributed by atoms with E-state index in [4.69, 9.17) is 4.74 Å². The zero-order valence-corrected chi connectivity index (χ0v) is 10.2. The van der Waals surface area contributed by atoms with Crippen molar-refractivity contribution in [3.63, 3.8) is 0 Å². The summed E-state index contributed by atoms with van der Waals surface area (Å²) in [5, 5.41) is 3.27. The summed E-state index contributed by atoms with van der Waals surface area (Å²) < 4.78 is 5.93. The molecule has 0 aromatic heterocycles. The zero-order chi connectivity index (χ0) is 11.4. The molecular weight excluding hydrogens is 198 g/mol. The van der Waals surface area contributed by atoms with Gasteiger partial charge in [0.25, 0.3) is 0 Å². The quantitative estimate of drug-likeness (QED) is 0.822. The van der Waals surface area contributed by atoms with E-state index in [0.717, 1.165) is 25.0 Å². The van der Waals surface area contributed by atoms with Gasteiger partial charge in [-0.2, -0.15) is 0 Å². The van der Waals surface area contributed by atoms with Gasteiger partial charge >= 0.3 is 0 Å². The number of benzene rings is 1. The van der Waals surface area contributed by atoms with E-state index < -0.39 is 0 Å². The SMILES string of the molecule is CCCc1cccc(O[C@H]2C[C@H](NC)C2)c1. The van der Waals surface area contributed by atoms with Gasteiger partial charge in [0.05, 0.1) is 0 Å². The maximum absolute atomic E-state index is 5.93. The van der Waals surface area contributed by atoms with E-state index in [1.54, 1.807) is 0 Å². The smallest absolute Gasteiger partial charge is 0.119 e.